The van der Waals surface area contributed by atoms with Crippen LogP contribution in [0, 0.1) is 0 Å². The van der Waals surface area contributed by atoms with Crippen molar-refractivity contribution in [3.63, 3.8) is 0 Å². The molecule has 25 heavy (non-hydrogen) atoms. The summed E-state index contributed by atoms with van der Waals surface area (Å²) >= 11 is 3.79. The quantitative estimate of drug-likeness (QED) is 0.339. The van der Waals surface area contributed by atoms with Crippen LogP contribution in [0.5, 0.6) is 0 Å². The highest BCUT2D eigenvalue weighted by Crippen LogP contribution is 2.37. The van der Waals surface area contributed by atoms with Crippen LogP contribution in [-0.2, 0) is 6.18 Å². The summed E-state index contributed by atoms with van der Waals surface area (Å²) in [7, 11) is 0. The molecule has 0 unspecified atom stereocenters. The number of aromatic nitrogens is 3. The van der Waals surface area contributed by atoms with Gasteiger partial charge in [0.15, 0.2) is 5.69 Å². The third kappa shape index (κ3) is 3.98. The Morgan fingerprint density at radius 1 is 1.16 bits per heavy atom. The van der Waals surface area contributed by atoms with Gasteiger partial charge in [-0.1, -0.05) is 0 Å². The van der Waals surface area contributed by atoms with Crippen LogP contribution in [0.25, 0.3) is 11.3 Å². The Morgan fingerprint density at radius 2 is 1.84 bits per heavy atom. The van der Waals surface area contributed by atoms with Crippen LogP contribution in [0.3, 0.4) is 0 Å². The standard InChI is InChI=1S/C13H10F4I2N6/c14-6-4-24(5-6)10-3-8(21-12(23-10)25(18)19)7-1-2-9(20)22-11(7)13(15,16)17/h1-3,6H,4-5H2,(H2,20,22). The molecular weight excluding hydrogens is 570 g/mol. The zero-order valence-electron chi connectivity index (χ0n) is 12.3. The average molecular weight is 580 g/mol. The lowest BCUT2D eigenvalue weighted by Crippen LogP contribution is -2.48. The number of nitrogens with two attached hydrogens (primary N) is 1. The van der Waals surface area contributed by atoms with Gasteiger partial charge in [-0.2, -0.15) is 18.2 Å². The van der Waals surface area contributed by atoms with Gasteiger partial charge in [-0.15, -0.1) is 0 Å². The van der Waals surface area contributed by atoms with E-state index in [2.05, 4.69) is 15.0 Å². The highest BCUT2D eigenvalue weighted by Gasteiger charge is 2.37. The monoisotopic (exact) mass is 580 g/mol. The molecule has 0 atom stereocenters. The molecule has 2 aromatic heterocycles. The van der Waals surface area contributed by atoms with E-state index in [0.717, 1.165) is 0 Å². The molecule has 1 saturated heterocycles. The molecule has 0 aliphatic carbocycles. The van der Waals surface area contributed by atoms with Crippen molar-refractivity contribution in [1.82, 2.24) is 15.0 Å². The molecule has 1 fully saturated rings. The fraction of sp³-hybridized carbons (Fsp3) is 0.308. The number of hydrogen-bond acceptors (Lipinski definition) is 6. The number of nitrogens with zero attached hydrogens (tertiary/aromatic N) is 5. The summed E-state index contributed by atoms with van der Waals surface area (Å²) in [5.41, 5.74) is 4.11. The molecule has 2 aromatic rings. The number of nitrogen functional groups attached to an aromatic ring is 1. The lowest BCUT2D eigenvalue weighted by molar-refractivity contribution is -0.140. The predicted molar refractivity (Wildman–Crippen MR) is 102 cm³/mol. The van der Waals surface area contributed by atoms with Crippen molar-refractivity contribution in [2.24, 2.45) is 0 Å². The van der Waals surface area contributed by atoms with Crippen molar-refractivity contribution in [2.75, 3.05) is 25.0 Å². The maximum atomic E-state index is 13.3. The van der Waals surface area contributed by atoms with Crippen molar-refractivity contribution in [3.05, 3.63) is 23.9 Å². The van der Waals surface area contributed by atoms with E-state index in [4.69, 9.17) is 5.73 Å². The summed E-state index contributed by atoms with van der Waals surface area (Å²) in [5.74, 6) is 0.316. The Kier molecular flexibility index (Phi) is 5.09. The first-order chi connectivity index (χ1) is 11.6. The van der Waals surface area contributed by atoms with E-state index in [1.165, 1.54) is 19.5 Å². The summed E-state index contributed by atoms with van der Waals surface area (Å²) in [6.07, 6.45) is -5.66. The van der Waals surface area contributed by atoms with E-state index in [1.54, 1.807) is 4.90 Å². The first-order valence-electron chi connectivity index (χ1n) is 6.89. The van der Waals surface area contributed by atoms with Gasteiger partial charge in [0.25, 0.3) is 0 Å². The summed E-state index contributed by atoms with van der Waals surface area (Å²) in [6.45, 7) is 0.287. The third-order valence-corrected chi connectivity index (χ3v) is 4.34. The maximum Gasteiger partial charge on any atom is 0.434 e. The van der Waals surface area contributed by atoms with Crippen LogP contribution in [0.4, 0.5) is 35.1 Å². The number of hydrogen-bond donors (Lipinski definition) is 1. The van der Waals surface area contributed by atoms with E-state index in [1.807, 2.05) is 45.7 Å². The minimum Gasteiger partial charge on any atom is -0.384 e. The Morgan fingerprint density at radius 3 is 2.40 bits per heavy atom. The highest BCUT2D eigenvalue weighted by molar-refractivity contribution is 14.2. The zero-order valence-corrected chi connectivity index (χ0v) is 16.6. The molecule has 3 heterocycles. The molecule has 2 N–H and O–H groups in total. The Hall–Kier alpha value is -1.19. The topological polar surface area (TPSA) is 71.2 Å². The van der Waals surface area contributed by atoms with E-state index in [0.29, 0.717) is 5.82 Å². The van der Waals surface area contributed by atoms with E-state index < -0.39 is 18.0 Å². The Labute approximate surface area is 167 Å². The lowest BCUT2D eigenvalue weighted by atomic mass is 10.1. The zero-order chi connectivity index (χ0) is 18.4. The van der Waals surface area contributed by atoms with E-state index in [-0.39, 0.29) is 36.1 Å². The Bertz CT molecular complexity index is 795. The smallest absolute Gasteiger partial charge is 0.384 e. The van der Waals surface area contributed by atoms with Crippen LogP contribution in [-0.4, -0.2) is 34.2 Å². The third-order valence-electron chi connectivity index (χ3n) is 3.47. The fourth-order valence-corrected chi connectivity index (χ4v) is 2.74. The van der Waals surface area contributed by atoms with E-state index in [9.17, 15) is 17.6 Å². The van der Waals surface area contributed by atoms with E-state index >= 15 is 0 Å². The fourth-order valence-electron chi connectivity index (χ4n) is 2.31. The predicted octanol–water partition coefficient (Wildman–Crippen LogP) is 3.80. The molecule has 12 heteroatoms. The molecule has 0 aromatic carbocycles. The summed E-state index contributed by atoms with van der Waals surface area (Å²) in [6, 6.07) is 3.90. The Balaban J connectivity index is 2.14. The average Bonchev–Trinajstić information content (AvgIpc) is 2.50. The van der Waals surface area contributed by atoms with Gasteiger partial charge in [-0.3, -0.25) is 0 Å². The van der Waals surface area contributed by atoms with Crippen LogP contribution in [0.1, 0.15) is 5.69 Å². The second-order valence-corrected chi connectivity index (χ2v) is 9.05. The minimum absolute atomic E-state index is 0.0421. The van der Waals surface area contributed by atoms with Gasteiger partial charge in [0.1, 0.15) is 17.8 Å². The first kappa shape index (κ1) is 18.6. The summed E-state index contributed by atoms with van der Waals surface area (Å²) in [4.78, 5) is 13.5. The molecule has 0 radical (unpaired) electrons. The second kappa shape index (κ2) is 6.85. The van der Waals surface area contributed by atoms with Crippen LogP contribution < -0.4 is 12.0 Å². The van der Waals surface area contributed by atoms with Gasteiger partial charge < -0.3 is 10.6 Å². The second-order valence-electron chi connectivity index (χ2n) is 5.28. The lowest BCUT2D eigenvalue weighted by Gasteiger charge is -2.35. The maximum absolute atomic E-state index is 13.3. The van der Waals surface area contributed by atoms with Gasteiger partial charge >= 0.3 is 6.18 Å². The van der Waals surface area contributed by atoms with Gasteiger partial charge in [-0.05, 0) is 12.1 Å². The molecular formula is C13H10F4I2N6. The van der Waals surface area contributed by atoms with Gasteiger partial charge in [0, 0.05) is 11.6 Å². The number of anilines is 3. The number of rotatable bonds is 3. The van der Waals surface area contributed by atoms with Crippen LogP contribution >= 0.6 is 45.7 Å². The number of alkyl halides is 4. The SMILES string of the molecule is Nc1ccc(-c2cc(N3CC(F)C3)nc(N(I)I)n2)c(C(F)(F)F)n1. The van der Waals surface area contributed by atoms with Crippen LogP contribution in [0.15, 0.2) is 18.2 Å². The number of pyridine rings is 1. The summed E-state index contributed by atoms with van der Waals surface area (Å²) < 4.78 is 54.6. The van der Waals surface area contributed by atoms with Crippen molar-refractivity contribution >= 4 is 63.3 Å². The molecule has 0 amide bonds. The van der Waals surface area contributed by atoms with Crippen molar-refractivity contribution < 1.29 is 17.6 Å². The van der Waals surface area contributed by atoms with Crippen LogP contribution in [0.2, 0.25) is 0 Å². The highest BCUT2D eigenvalue weighted by atomic mass is 127. The largest absolute Gasteiger partial charge is 0.434 e. The molecule has 0 bridgehead atoms. The molecule has 0 saturated carbocycles. The van der Waals surface area contributed by atoms with Gasteiger partial charge in [-0.25, -0.2) is 15.7 Å². The first-order valence-corrected chi connectivity index (χ1v) is 8.82. The minimum atomic E-state index is -4.69. The van der Waals surface area contributed by atoms with Crippen molar-refractivity contribution in [2.45, 2.75) is 12.3 Å². The van der Waals surface area contributed by atoms with Gasteiger partial charge in [0.2, 0.25) is 5.95 Å². The van der Waals surface area contributed by atoms with Crippen molar-refractivity contribution in [1.29, 1.82) is 0 Å². The number of halogens is 6. The molecule has 3 rings (SSSR count). The van der Waals surface area contributed by atoms with Crippen molar-refractivity contribution in [3.8, 4) is 11.3 Å². The molecule has 1 aliphatic heterocycles. The summed E-state index contributed by atoms with van der Waals surface area (Å²) in [5, 5.41) is 0. The van der Waals surface area contributed by atoms with Gasteiger partial charge in [0.05, 0.1) is 64.5 Å². The molecule has 134 valence electrons. The normalized spacial score (nSPS) is 15.2. The molecule has 6 nitrogen and oxygen atoms in total. The molecule has 1 aliphatic rings. The molecule has 0 spiro atoms.